The third-order valence-electron chi connectivity index (χ3n) is 4.21. The molecule has 1 fully saturated rings. The van der Waals surface area contributed by atoms with Gasteiger partial charge in [0, 0.05) is 12.1 Å². The molecule has 1 N–H and O–H groups in total. The molecule has 0 amide bonds. The zero-order valence-electron chi connectivity index (χ0n) is 13.3. The van der Waals surface area contributed by atoms with Crippen LogP contribution in [0.5, 0.6) is 5.75 Å². The Labute approximate surface area is 140 Å². The second kappa shape index (κ2) is 6.84. The molecule has 0 unspecified atom stereocenters. The first-order valence-corrected chi connectivity index (χ1v) is 8.20. The maximum atomic E-state index is 5.75. The summed E-state index contributed by atoms with van der Waals surface area (Å²) in [6.45, 7) is 2.46. The van der Waals surface area contributed by atoms with Crippen LogP contribution in [0.2, 0.25) is 0 Å². The van der Waals surface area contributed by atoms with Crippen LogP contribution in [0.1, 0.15) is 23.8 Å². The van der Waals surface area contributed by atoms with Crippen molar-refractivity contribution in [2.24, 2.45) is 0 Å². The molecule has 0 bridgehead atoms. The van der Waals surface area contributed by atoms with Gasteiger partial charge in [-0.05, 0) is 30.7 Å². The Morgan fingerprint density at radius 2 is 1.92 bits per heavy atom. The Morgan fingerprint density at radius 1 is 1.08 bits per heavy atom. The molecular weight excluding hydrogens is 302 g/mol. The SMILES string of the molecule is c1ccc(OCc2ccc(-c3noc([C@H]4CCNC4)n3)cc2)cc1. The number of hydrogen-bond acceptors (Lipinski definition) is 5. The summed E-state index contributed by atoms with van der Waals surface area (Å²) < 4.78 is 11.2. The molecule has 1 saturated heterocycles. The summed E-state index contributed by atoms with van der Waals surface area (Å²) in [4.78, 5) is 4.54. The fourth-order valence-corrected chi connectivity index (χ4v) is 2.82. The van der Waals surface area contributed by atoms with Crippen LogP contribution < -0.4 is 10.1 Å². The van der Waals surface area contributed by atoms with Crippen LogP contribution >= 0.6 is 0 Å². The lowest BCUT2D eigenvalue weighted by atomic mass is 10.1. The molecule has 0 aliphatic carbocycles. The number of rotatable bonds is 5. The molecule has 24 heavy (non-hydrogen) atoms. The van der Waals surface area contributed by atoms with E-state index < -0.39 is 0 Å². The van der Waals surface area contributed by atoms with Gasteiger partial charge < -0.3 is 14.6 Å². The molecule has 1 atom stereocenters. The summed E-state index contributed by atoms with van der Waals surface area (Å²) in [7, 11) is 0. The van der Waals surface area contributed by atoms with Gasteiger partial charge in [-0.1, -0.05) is 47.6 Å². The molecule has 0 spiro atoms. The van der Waals surface area contributed by atoms with Gasteiger partial charge in [-0.15, -0.1) is 0 Å². The van der Waals surface area contributed by atoms with Gasteiger partial charge >= 0.3 is 0 Å². The zero-order chi connectivity index (χ0) is 16.2. The summed E-state index contributed by atoms with van der Waals surface area (Å²) in [5, 5.41) is 7.42. The third kappa shape index (κ3) is 3.31. The van der Waals surface area contributed by atoms with E-state index in [1.807, 2.05) is 54.6 Å². The Balaban J connectivity index is 1.42. The molecule has 1 aliphatic heterocycles. The maximum absolute atomic E-state index is 5.75. The Hall–Kier alpha value is -2.66. The minimum absolute atomic E-state index is 0.338. The molecule has 5 nitrogen and oxygen atoms in total. The van der Waals surface area contributed by atoms with Crippen molar-refractivity contribution in [2.45, 2.75) is 18.9 Å². The molecular formula is C19H19N3O2. The number of nitrogens with one attached hydrogen (secondary N) is 1. The maximum Gasteiger partial charge on any atom is 0.231 e. The van der Waals surface area contributed by atoms with E-state index in [9.17, 15) is 0 Å². The topological polar surface area (TPSA) is 60.2 Å². The van der Waals surface area contributed by atoms with Gasteiger partial charge in [0.2, 0.25) is 11.7 Å². The fraction of sp³-hybridized carbons (Fsp3) is 0.263. The highest BCUT2D eigenvalue weighted by molar-refractivity contribution is 5.54. The third-order valence-corrected chi connectivity index (χ3v) is 4.21. The first-order chi connectivity index (χ1) is 11.9. The predicted octanol–water partition coefficient (Wildman–Crippen LogP) is 3.39. The van der Waals surface area contributed by atoms with Crippen LogP contribution in [-0.2, 0) is 6.61 Å². The molecule has 2 heterocycles. The average Bonchev–Trinajstić information content (AvgIpc) is 3.33. The number of nitrogens with zero attached hydrogens (tertiary/aromatic N) is 2. The van der Waals surface area contributed by atoms with Crippen LogP contribution in [0.25, 0.3) is 11.4 Å². The Kier molecular flexibility index (Phi) is 4.25. The molecule has 1 aliphatic rings. The van der Waals surface area contributed by atoms with Crippen molar-refractivity contribution in [2.75, 3.05) is 13.1 Å². The highest BCUT2D eigenvalue weighted by Gasteiger charge is 2.22. The predicted molar refractivity (Wildman–Crippen MR) is 90.7 cm³/mol. The monoisotopic (exact) mass is 321 g/mol. The van der Waals surface area contributed by atoms with Crippen molar-refractivity contribution in [1.29, 1.82) is 0 Å². The van der Waals surface area contributed by atoms with Crippen LogP contribution in [-0.4, -0.2) is 23.2 Å². The molecule has 2 aromatic carbocycles. The molecule has 122 valence electrons. The minimum atomic E-state index is 0.338. The normalized spacial score (nSPS) is 17.1. The van der Waals surface area contributed by atoms with E-state index in [4.69, 9.17) is 9.26 Å². The van der Waals surface area contributed by atoms with E-state index in [1.165, 1.54) is 0 Å². The Morgan fingerprint density at radius 3 is 2.67 bits per heavy atom. The summed E-state index contributed by atoms with van der Waals surface area (Å²) in [5.74, 6) is 2.58. The Bertz CT molecular complexity index is 778. The number of benzene rings is 2. The van der Waals surface area contributed by atoms with Gasteiger partial charge in [0.15, 0.2) is 0 Å². The first-order valence-electron chi connectivity index (χ1n) is 8.20. The standard InChI is InChI=1S/C19H19N3O2/c1-2-4-17(5-3-1)23-13-14-6-8-15(9-7-14)18-21-19(24-22-18)16-10-11-20-12-16/h1-9,16,20H,10-13H2/t16-/m0/s1. The molecule has 4 rings (SSSR count). The minimum Gasteiger partial charge on any atom is -0.489 e. The van der Waals surface area contributed by atoms with Crippen molar-refractivity contribution >= 4 is 0 Å². The lowest BCUT2D eigenvalue weighted by Gasteiger charge is -2.06. The van der Waals surface area contributed by atoms with E-state index in [2.05, 4.69) is 15.5 Å². The van der Waals surface area contributed by atoms with Crippen LogP contribution in [0.3, 0.4) is 0 Å². The van der Waals surface area contributed by atoms with Crippen LogP contribution in [0, 0.1) is 0 Å². The average molecular weight is 321 g/mol. The van der Waals surface area contributed by atoms with Crippen LogP contribution in [0.15, 0.2) is 59.1 Å². The second-order valence-corrected chi connectivity index (χ2v) is 5.94. The lowest BCUT2D eigenvalue weighted by molar-refractivity contribution is 0.306. The summed E-state index contributed by atoms with van der Waals surface area (Å²) in [6.07, 6.45) is 1.05. The van der Waals surface area contributed by atoms with E-state index in [-0.39, 0.29) is 0 Å². The van der Waals surface area contributed by atoms with Crippen molar-refractivity contribution in [3.63, 3.8) is 0 Å². The number of hydrogen-bond donors (Lipinski definition) is 1. The van der Waals surface area contributed by atoms with Crippen LogP contribution in [0.4, 0.5) is 0 Å². The molecule has 0 radical (unpaired) electrons. The van der Waals surface area contributed by atoms with E-state index in [0.717, 1.165) is 42.3 Å². The summed E-state index contributed by atoms with van der Waals surface area (Å²) in [5.41, 5.74) is 2.06. The first kappa shape index (κ1) is 14.9. The zero-order valence-corrected chi connectivity index (χ0v) is 13.3. The van der Waals surface area contributed by atoms with Gasteiger partial charge in [-0.3, -0.25) is 0 Å². The van der Waals surface area contributed by atoms with Gasteiger partial charge in [0.1, 0.15) is 12.4 Å². The molecule has 3 aromatic rings. The number of ether oxygens (including phenoxy) is 1. The van der Waals surface area contributed by atoms with Gasteiger partial charge in [0.05, 0.1) is 5.92 Å². The summed E-state index contributed by atoms with van der Waals surface area (Å²) >= 11 is 0. The highest BCUT2D eigenvalue weighted by atomic mass is 16.5. The molecule has 5 heteroatoms. The molecule has 0 saturated carbocycles. The lowest BCUT2D eigenvalue weighted by Crippen LogP contribution is -2.08. The quantitative estimate of drug-likeness (QED) is 0.780. The van der Waals surface area contributed by atoms with Gasteiger partial charge in [-0.25, -0.2) is 0 Å². The smallest absolute Gasteiger partial charge is 0.231 e. The van der Waals surface area contributed by atoms with Gasteiger partial charge in [0.25, 0.3) is 0 Å². The second-order valence-electron chi connectivity index (χ2n) is 5.94. The van der Waals surface area contributed by atoms with Crippen molar-refractivity contribution in [3.8, 4) is 17.1 Å². The fourth-order valence-electron chi connectivity index (χ4n) is 2.82. The number of para-hydroxylation sites is 1. The van der Waals surface area contributed by atoms with E-state index in [1.54, 1.807) is 0 Å². The highest BCUT2D eigenvalue weighted by Crippen LogP contribution is 2.24. The van der Waals surface area contributed by atoms with E-state index in [0.29, 0.717) is 18.3 Å². The molecule has 1 aromatic heterocycles. The van der Waals surface area contributed by atoms with Crippen molar-refractivity contribution < 1.29 is 9.26 Å². The summed E-state index contributed by atoms with van der Waals surface area (Å²) in [6, 6.07) is 17.9. The largest absolute Gasteiger partial charge is 0.489 e. The van der Waals surface area contributed by atoms with Crippen molar-refractivity contribution in [3.05, 3.63) is 66.1 Å². The van der Waals surface area contributed by atoms with E-state index >= 15 is 0 Å². The van der Waals surface area contributed by atoms with Gasteiger partial charge in [-0.2, -0.15) is 4.98 Å². The number of aromatic nitrogens is 2. The van der Waals surface area contributed by atoms with Crippen molar-refractivity contribution in [1.82, 2.24) is 15.5 Å².